The minimum atomic E-state index is 0.288. The Bertz CT molecular complexity index is 465. The number of nitrogens with one attached hydrogen (secondary N) is 1. The van der Waals surface area contributed by atoms with Crippen LogP contribution in [0, 0.1) is 19.8 Å². The zero-order valence-corrected chi connectivity index (χ0v) is 14.2. The summed E-state index contributed by atoms with van der Waals surface area (Å²) in [6, 6.07) is 0. The fraction of sp³-hybridized carbons (Fsp3) is 0.765. The van der Waals surface area contributed by atoms with Gasteiger partial charge in [-0.1, -0.05) is 0 Å². The van der Waals surface area contributed by atoms with Gasteiger partial charge in [-0.3, -0.25) is 9.89 Å². The van der Waals surface area contributed by atoms with Crippen molar-refractivity contribution in [2.45, 2.75) is 52.4 Å². The van der Waals surface area contributed by atoms with E-state index in [0.717, 1.165) is 56.8 Å². The third-order valence-electron chi connectivity index (χ3n) is 4.70. The number of H-pyrrole nitrogens is 1. The first-order chi connectivity index (χ1) is 10.6. The number of aryl methyl sites for hydroxylation is 2. The molecule has 0 bridgehead atoms. The summed E-state index contributed by atoms with van der Waals surface area (Å²) in [6.07, 6.45) is 6.01. The van der Waals surface area contributed by atoms with Crippen molar-refractivity contribution >= 4 is 5.91 Å². The molecule has 5 nitrogen and oxygen atoms in total. The molecule has 1 aliphatic heterocycles. The number of rotatable bonds is 7. The quantitative estimate of drug-likeness (QED) is 0.788. The number of piperidine rings is 1. The SMILES string of the molecule is COCCC[C@H]1CCCN(C(=O)CCc2c(C)n[nH]c2C)C1. The van der Waals surface area contributed by atoms with Crippen molar-refractivity contribution in [2.24, 2.45) is 5.92 Å². The molecule has 1 fully saturated rings. The van der Waals surface area contributed by atoms with E-state index < -0.39 is 0 Å². The van der Waals surface area contributed by atoms with Gasteiger partial charge in [-0.2, -0.15) is 5.10 Å². The van der Waals surface area contributed by atoms with Crippen LogP contribution in [0.4, 0.5) is 0 Å². The molecule has 1 aromatic rings. The summed E-state index contributed by atoms with van der Waals surface area (Å²) in [5.41, 5.74) is 3.30. The van der Waals surface area contributed by atoms with Crippen molar-refractivity contribution < 1.29 is 9.53 Å². The Morgan fingerprint density at radius 3 is 2.95 bits per heavy atom. The molecule has 22 heavy (non-hydrogen) atoms. The van der Waals surface area contributed by atoms with Crippen molar-refractivity contribution in [1.82, 2.24) is 15.1 Å². The summed E-state index contributed by atoms with van der Waals surface area (Å²) < 4.78 is 5.12. The molecule has 1 atom stereocenters. The van der Waals surface area contributed by atoms with E-state index in [1.54, 1.807) is 7.11 Å². The summed E-state index contributed by atoms with van der Waals surface area (Å²) in [6.45, 7) is 6.68. The Morgan fingerprint density at radius 2 is 2.27 bits per heavy atom. The van der Waals surface area contributed by atoms with E-state index >= 15 is 0 Å². The predicted molar refractivity (Wildman–Crippen MR) is 86.8 cm³/mol. The van der Waals surface area contributed by atoms with Crippen molar-refractivity contribution in [3.63, 3.8) is 0 Å². The van der Waals surface area contributed by atoms with Gasteiger partial charge in [-0.05, 0) is 57.4 Å². The van der Waals surface area contributed by atoms with Crippen molar-refractivity contribution in [1.29, 1.82) is 0 Å². The maximum absolute atomic E-state index is 12.5. The number of carbonyl (C=O) groups is 1. The fourth-order valence-electron chi connectivity index (χ4n) is 3.38. The molecule has 1 N–H and O–H groups in total. The lowest BCUT2D eigenvalue weighted by atomic mass is 9.93. The number of methoxy groups -OCH3 is 1. The van der Waals surface area contributed by atoms with Crippen LogP contribution in [0.3, 0.4) is 0 Å². The first-order valence-electron chi connectivity index (χ1n) is 8.39. The number of aromatic nitrogens is 2. The summed E-state index contributed by atoms with van der Waals surface area (Å²) in [5, 5.41) is 7.19. The molecule has 0 aromatic carbocycles. The molecule has 1 saturated heterocycles. The van der Waals surface area contributed by atoms with Crippen LogP contribution in [0.15, 0.2) is 0 Å². The number of amides is 1. The summed E-state index contributed by atoms with van der Waals surface area (Å²) >= 11 is 0. The first kappa shape index (κ1) is 17.0. The van der Waals surface area contributed by atoms with Crippen LogP contribution in [-0.2, 0) is 16.0 Å². The second-order valence-corrected chi connectivity index (χ2v) is 6.40. The molecule has 5 heteroatoms. The molecular weight excluding hydrogens is 278 g/mol. The highest BCUT2D eigenvalue weighted by Crippen LogP contribution is 2.22. The van der Waals surface area contributed by atoms with Gasteiger partial charge in [0, 0.05) is 38.9 Å². The van der Waals surface area contributed by atoms with Crippen LogP contribution in [0.2, 0.25) is 0 Å². The summed E-state index contributed by atoms with van der Waals surface area (Å²) in [5.74, 6) is 0.932. The van der Waals surface area contributed by atoms with Crippen molar-refractivity contribution in [3.8, 4) is 0 Å². The maximum Gasteiger partial charge on any atom is 0.222 e. The van der Waals surface area contributed by atoms with Crippen molar-refractivity contribution in [2.75, 3.05) is 26.8 Å². The van der Waals surface area contributed by atoms with Gasteiger partial charge in [-0.15, -0.1) is 0 Å². The van der Waals surface area contributed by atoms with Crippen LogP contribution in [0.5, 0.6) is 0 Å². The topological polar surface area (TPSA) is 58.2 Å². The monoisotopic (exact) mass is 307 g/mol. The smallest absolute Gasteiger partial charge is 0.222 e. The fourth-order valence-corrected chi connectivity index (χ4v) is 3.38. The maximum atomic E-state index is 12.5. The van der Waals surface area contributed by atoms with Crippen LogP contribution in [-0.4, -0.2) is 47.8 Å². The number of nitrogens with zero attached hydrogens (tertiary/aromatic N) is 2. The molecular formula is C17H29N3O2. The first-order valence-corrected chi connectivity index (χ1v) is 8.39. The Labute approximate surface area is 133 Å². The summed E-state index contributed by atoms with van der Waals surface area (Å²) in [4.78, 5) is 14.5. The lowest BCUT2D eigenvalue weighted by Gasteiger charge is -2.33. The van der Waals surface area contributed by atoms with Crippen LogP contribution in [0.25, 0.3) is 0 Å². The Balaban J connectivity index is 1.79. The molecule has 0 spiro atoms. The zero-order valence-electron chi connectivity index (χ0n) is 14.2. The largest absolute Gasteiger partial charge is 0.385 e. The lowest BCUT2D eigenvalue weighted by molar-refractivity contribution is -0.133. The Kier molecular flexibility index (Phi) is 6.43. The predicted octanol–water partition coefficient (Wildman–Crippen LogP) is 2.62. The van der Waals surface area contributed by atoms with E-state index in [1.807, 2.05) is 13.8 Å². The number of hydrogen-bond donors (Lipinski definition) is 1. The molecule has 2 rings (SSSR count). The normalized spacial score (nSPS) is 18.7. The van der Waals surface area contributed by atoms with Gasteiger partial charge in [0.15, 0.2) is 0 Å². The second kappa shape index (κ2) is 8.32. The standard InChI is InChI=1S/C17H29N3O2/c1-13-16(14(2)19-18-13)8-9-17(21)20-10-4-6-15(12-20)7-5-11-22-3/h15H,4-12H2,1-3H3,(H,18,19)/t15-/m1/s1. The van der Waals surface area contributed by atoms with Gasteiger partial charge in [0.2, 0.25) is 5.91 Å². The number of ether oxygens (including phenoxy) is 1. The van der Waals surface area contributed by atoms with E-state index in [4.69, 9.17) is 4.74 Å². The van der Waals surface area contributed by atoms with Crippen LogP contribution < -0.4 is 0 Å². The average molecular weight is 307 g/mol. The van der Waals surface area contributed by atoms with Gasteiger partial charge < -0.3 is 9.64 Å². The van der Waals surface area contributed by atoms with E-state index in [-0.39, 0.29) is 5.91 Å². The highest BCUT2D eigenvalue weighted by atomic mass is 16.5. The number of hydrogen-bond acceptors (Lipinski definition) is 3. The highest BCUT2D eigenvalue weighted by Gasteiger charge is 2.23. The molecule has 0 radical (unpaired) electrons. The molecule has 2 heterocycles. The highest BCUT2D eigenvalue weighted by molar-refractivity contribution is 5.76. The Morgan fingerprint density at radius 1 is 1.45 bits per heavy atom. The molecule has 0 saturated carbocycles. The number of aromatic amines is 1. The minimum Gasteiger partial charge on any atom is -0.385 e. The summed E-state index contributed by atoms with van der Waals surface area (Å²) in [7, 11) is 1.75. The van der Waals surface area contributed by atoms with Gasteiger partial charge in [-0.25, -0.2) is 0 Å². The molecule has 1 aliphatic rings. The second-order valence-electron chi connectivity index (χ2n) is 6.40. The third kappa shape index (κ3) is 4.57. The molecule has 0 aliphatic carbocycles. The van der Waals surface area contributed by atoms with Gasteiger partial charge in [0.05, 0.1) is 5.69 Å². The van der Waals surface area contributed by atoms with E-state index in [9.17, 15) is 4.79 Å². The van der Waals surface area contributed by atoms with Gasteiger partial charge in [0.25, 0.3) is 0 Å². The average Bonchev–Trinajstić information content (AvgIpc) is 2.84. The van der Waals surface area contributed by atoms with Gasteiger partial charge >= 0.3 is 0 Å². The van der Waals surface area contributed by atoms with Gasteiger partial charge in [0.1, 0.15) is 0 Å². The van der Waals surface area contributed by atoms with E-state index in [1.165, 1.54) is 12.0 Å². The molecule has 1 amide bonds. The minimum absolute atomic E-state index is 0.288. The Hall–Kier alpha value is -1.36. The molecule has 124 valence electrons. The molecule has 0 unspecified atom stereocenters. The number of carbonyl (C=O) groups excluding carboxylic acids is 1. The van der Waals surface area contributed by atoms with Crippen LogP contribution >= 0.6 is 0 Å². The number of likely N-dealkylation sites (tertiary alicyclic amines) is 1. The van der Waals surface area contributed by atoms with Crippen molar-refractivity contribution in [3.05, 3.63) is 17.0 Å². The van der Waals surface area contributed by atoms with Crippen LogP contribution in [0.1, 0.15) is 49.1 Å². The third-order valence-corrected chi connectivity index (χ3v) is 4.70. The lowest BCUT2D eigenvalue weighted by Crippen LogP contribution is -2.40. The molecule has 1 aromatic heterocycles. The van der Waals surface area contributed by atoms with E-state index in [0.29, 0.717) is 12.3 Å². The zero-order chi connectivity index (χ0) is 15.9. The van der Waals surface area contributed by atoms with E-state index in [2.05, 4.69) is 15.1 Å².